The molecule has 0 spiro atoms. The van der Waals surface area contributed by atoms with Crippen molar-refractivity contribution in [1.82, 2.24) is 20.9 Å². The lowest BCUT2D eigenvalue weighted by Crippen LogP contribution is -2.59. The van der Waals surface area contributed by atoms with Crippen molar-refractivity contribution in [2.24, 2.45) is 28.6 Å². The Hall–Kier alpha value is -2.97. The van der Waals surface area contributed by atoms with E-state index >= 15 is 0 Å². The molecule has 0 bridgehead atoms. The van der Waals surface area contributed by atoms with E-state index in [1.54, 1.807) is 11.0 Å². The summed E-state index contributed by atoms with van der Waals surface area (Å²) in [7, 11) is 0. The van der Waals surface area contributed by atoms with Crippen LogP contribution in [-0.2, 0) is 24.0 Å². The number of amides is 4. The second-order valence-corrected chi connectivity index (χ2v) is 13.5. The molecule has 1 saturated heterocycles. The van der Waals surface area contributed by atoms with Crippen molar-refractivity contribution < 1.29 is 24.0 Å². The largest absolute Gasteiger partial charge is 0.346 e. The van der Waals surface area contributed by atoms with Crippen LogP contribution in [0.15, 0.2) is 25.3 Å². The second kappa shape index (κ2) is 12.7. The van der Waals surface area contributed by atoms with Crippen LogP contribution in [0, 0.1) is 28.6 Å². The lowest BCUT2D eigenvalue weighted by Gasteiger charge is -2.35. The van der Waals surface area contributed by atoms with E-state index in [0.717, 1.165) is 25.7 Å². The Labute approximate surface area is 239 Å². The number of piperidine rings is 1. The highest BCUT2D eigenvalue weighted by Gasteiger charge is 2.69. The van der Waals surface area contributed by atoms with Gasteiger partial charge in [0.05, 0.1) is 6.04 Å². The van der Waals surface area contributed by atoms with Gasteiger partial charge in [0.2, 0.25) is 23.5 Å². The predicted octanol–water partition coefficient (Wildman–Crippen LogP) is 2.90. The minimum atomic E-state index is -1.04. The van der Waals surface area contributed by atoms with Gasteiger partial charge in [-0.25, -0.2) is 0 Å². The smallest absolute Gasteiger partial charge is 0.289 e. The van der Waals surface area contributed by atoms with Gasteiger partial charge in [-0.3, -0.25) is 24.0 Å². The number of likely N-dealkylation sites (tertiary alicyclic amines) is 1. The number of hydrogen-bond acceptors (Lipinski definition) is 5. The first kappa shape index (κ1) is 31.6. The Bertz CT molecular complexity index is 1020. The third-order valence-corrected chi connectivity index (χ3v) is 8.83. The summed E-state index contributed by atoms with van der Waals surface area (Å²) in [5, 5.41) is 8.32. The van der Waals surface area contributed by atoms with E-state index in [9.17, 15) is 24.0 Å². The molecule has 1 aliphatic heterocycles. The number of fused-ring (bicyclic) bond motifs is 1. The summed E-state index contributed by atoms with van der Waals surface area (Å²) in [6, 6.07) is -2.49. The molecular weight excluding hydrogens is 508 g/mol. The number of rotatable bonds is 13. The molecule has 1 heterocycles. The standard InChI is InChI=1S/C31H48N4O5/c1-8-10-15-21(26(37)28(39)32-16-9-2)33-27(38)25-23-20(31(23,6)7)18-35(25)29(40)24(19-13-11-12-14-19)34-22(36)17-30(3,4)5/h8-9,19-21,23-25H,1-2,10-18H2,3-7H3,(H,32,39)(H,33,38)(H,34,36)/t20-,21?,23-,24-,25-/m0/s1. The second-order valence-electron chi connectivity index (χ2n) is 13.5. The molecule has 0 radical (unpaired) electrons. The van der Waals surface area contributed by atoms with Crippen molar-refractivity contribution in [1.29, 1.82) is 0 Å². The van der Waals surface area contributed by atoms with Crippen molar-refractivity contribution >= 4 is 29.4 Å². The van der Waals surface area contributed by atoms with E-state index in [0.29, 0.717) is 19.4 Å². The number of carbonyl (C=O) groups is 5. The Balaban J connectivity index is 1.83. The van der Waals surface area contributed by atoms with Crippen molar-refractivity contribution in [2.45, 2.75) is 97.7 Å². The number of allylic oxidation sites excluding steroid dienone is 1. The molecule has 9 nitrogen and oxygen atoms in total. The summed E-state index contributed by atoms with van der Waals surface area (Å²) in [4.78, 5) is 67.9. The van der Waals surface area contributed by atoms with Crippen LogP contribution in [0.25, 0.3) is 0 Å². The van der Waals surface area contributed by atoms with Crippen LogP contribution in [-0.4, -0.2) is 65.5 Å². The summed E-state index contributed by atoms with van der Waals surface area (Å²) < 4.78 is 0. The summed E-state index contributed by atoms with van der Waals surface area (Å²) in [5.74, 6) is -2.23. The first-order valence-corrected chi connectivity index (χ1v) is 14.7. The molecule has 9 heteroatoms. The maximum Gasteiger partial charge on any atom is 0.289 e. The van der Waals surface area contributed by atoms with Crippen molar-refractivity contribution in [3.63, 3.8) is 0 Å². The number of nitrogens with zero attached hydrogens (tertiary/aromatic N) is 1. The van der Waals surface area contributed by atoms with Gasteiger partial charge in [-0.05, 0) is 54.3 Å². The molecule has 4 amide bonds. The zero-order valence-corrected chi connectivity index (χ0v) is 24.9. The van der Waals surface area contributed by atoms with Crippen LogP contribution in [0.4, 0.5) is 0 Å². The Morgan fingerprint density at radius 2 is 1.68 bits per heavy atom. The molecule has 5 atom stereocenters. The highest BCUT2D eigenvalue weighted by atomic mass is 16.2. The fraction of sp³-hybridized carbons (Fsp3) is 0.710. The zero-order chi connectivity index (χ0) is 29.8. The molecule has 3 N–H and O–H groups in total. The van der Waals surface area contributed by atoms with Gasteiger partial charge < -0.3 is 20.9 Å². The Kier molecular flexibility index (Phi) is 10.0. The molecular formula is C31H48N4O5. The van der Waals surface area contributed by atoms with E-state index in [-0.39, 0.29) is 53.4 Å². The third-order valence-electron chi connectivity index (χ3n) is 8.83. The molecule has 40 heavy (non-hydrogen) atoms. The van der Waals surface area contributed by atoms with E-state index in [1.807, 2.05) is 20.8 Å². The normalized spacial score (nSPS) is 24.8. The number of nitrogens with one attached hydrogen (secondary N) is 3. The Morgan fingerprint density at radius 3 is 2.25 bits per heavy atom. The highest BCUT2D eigenvalue weighted by Crippen LogP contribution is 2.65. The molecule has 3 rings (SSSR count). The third kappa shape index (κ3) is 7.21. The average molecular weight is 557 g/mol. The molecule has 3 fully saturated rings. The molecule has 3 aliphatic rings. The Morgan fingerprint density at radius 1 is 1.02 bits per heavy atom. The van der Waals surface area contributed by atoms with Crippen molar-refractivity contribution in [3.8, 4) is 0 Å². The van der Waals surface area contributed by atoms with E-state index in [2.05, 4.69) is 43.0 Å². The van der Waals surface area contributed by atoms with Crippen molar-refractivity contribution in [2.75, 3.05) is 13.1 Å². The lowest BCUT2D eigenvalue weighted by atomic mass is 9.90. The molecule has 0 aromatic rings. The van der Waals surface area contributed by atoms with Gasteiger partial charge in [-0.15, -0.1) is 13.2 Å². The molecule has 1 unspecified atom stereocenters. The molecule has 222 valence electrons. The van der Waals surface area contributed by atoms with Gasteiger partial charge in [0.1, 0.15) is 12.1 Å². The fourth-order valence-electron chi connectivity index (χ4n) is 6.59. The van der Waals surface area contributed by atoms with Crippen LogP contribution in [0.5, 0.6) is 0 Å². The van der Waals surface area contributed by atoms with E-state index in [4.69, 9.17) is 0 Å². The minimum absolute atomic E-state index is 0.0283. The molecule has 2 aliphatic carbocycles. The molecule has 0 aromatic carbocycles. The maximum atomic E-state index is 14.1. The predicted molar refractivity (Wildman–Crippen MR) is 154 cm³/mol. The fourth-order valence-corrected chi connectivity index (χ4v) is 6.59. The monoisotopic (exact) mass is 556 g/mol. The maximum absolute atomic E-state index is 14.1. The topological polar surface area (TPSA) is 125 Å². The zero-order valence-electron chi connectivity index (χ0n) is 24.9. The van der Waals surface area contributed by atoms with Gasteiger partial charge in [-0.2, -0.15) is 0 Å². The molecule has 2 saturated carbocycles. The van der Waals surface area contributed by atoms with Gasteiger partial charge in [0.25, 0.3) is 5.91 Å². The quantitative estimate of drug-likeness (QED) is 0.238. The summed E-state index contributed by atoms with van der Waals surface area (Å²) >= 11 is 0. The number of Topliss-reactive ketones (excluding diaryl/α,β-unsaturated/α-hetero) is 1. The summed E-state index contributed by atoms with van der Waals surface area (Å²) in [6.45, 7) is 17.9. The lowest BCUT2D eigenvalue weighted by molar-refractivity contribution is -0.145. The van der Waals surface area contributed by atoms with Crippen LogP contribution in [0.2, 0.25) is 0 Å². The number of carbonyl (C=O) groups excluding carboxylic acids is 5. The van der Waals surface area contributed by atoms with Crippen LogP contribution >= 0.6 is 0 Å². The molecule has 0 aromatic heterocycles. The van der Waals surface area contributed by atoms with Gasteiger partial charge in [-0.1, -0.05) is 59.6 Å². The van der Waals surface area contributed by atoms with Crippen molar-refractivity contribution in [3.05, 3.63) is 25.3 Å². The van der Waals surface area contributed by atoms with Crippen LogP contribution in [0.1, 0.15) is 79.6 Å². The van der Waals surface area contributed by atoms with Gasteiger partial charge in [0.15, 0.2) is 0 Å². The number of hydrogen-bond donors (Lipinski definition) is 3. The van der Waals surface area contributed by atoms with Gasteiger partial charge >= 0.3 is 0 Å². The SMILES string of the molecule is C=CCCC(NC(=O)[C@@H]1[C@@H]2[C@H](CN1C(=O)[C@@H](NC(=O)CC(C)(C)C)C1CCCC1)C2(C)C)C(=O)C(=O)NCC=C. The first-order valence-electron chi connectivity index (χ1n) is 14.7. The minimum Gasteiger partial charge on any atom is -0.346 e. The number of ketones is 1. The summed E-state index contributed by atoms with van der Waals surface area (Å²) in [5.41, 5.74) is -0.348. The highest BCUT2D eigenvalue weighted by molar-refractivity contribution is 6.38. The average Bonchev–Trinajstić information content (AvgIpc) is 3.33. The summed E-state index contributed by atoms with van der Waals surface area (Å²) in [6.07, 6.45) is 7.78. The van der Waals surface area contributed by atoms with E-state index < -0.39 is 35.7 Å². The van der Waals surface area contributed by atoms with Crippen LogP contribution in [0.3, 0.4) is 0 Å². The van der Waals surface area contributed by atoms with Gasteiger partial charge in [0, 0.05) is 19.5 Å². The van der Waals surface area contributed by atoms with E-state index in [1.165, 1.54) is 6.08 Å². The van der Waals surface area contributed by atoms with Crippen LogP contribution < -0.4 is 16.0 Å². The first-order chi connectivity index (χ1) is 18.7.